The van der Waals surface area contributed by atoms with Crippen molar-refractivity contribution in [3.05, 3.63) is 76.9 Å². The summed E-state index contributed by atoms with van der Waals surface area (Å²) in [6.45, 7) is 0.465. The Morgan fingerprint density at radius 2 is 1.92 bits per heavy atom. The molecule has 2 N–H and O–H groups in total. The lowest BCUT2D eigenvalue weighted by Crippen LogP contribution is -2.10. The first-order valence-corrected chi connectivity index (χ1v) is 7.65. The van der Waals surface area contributed by atoms with E-state index >= 15 is 0 Å². The van der Waals surface area contributed by atoms with E-state index < -0.39 is 5.97 Å². The molecule has 5 nitrogen and oxygen atoms in total. The summed E-state index contributed by atoms with van der Waals surface area (Å²) in [5, 5.41) is 13.0. The molecule has 2 aromatic carbocycles. The van der Waals surface area contributed by atoms with Gasteiger partial charge in [0, 0.05) is 23.3 Å². The van der Waals surface area contributed by atoms with Gasteiger partial charge in [-0.1, -0.05) is 54.1 Å². The second-order valence-corrected chi connectivity index (χ2v) is 5.55. The molecule has 0 unspecified atom stereocenters. The molecule has 0 aliphatic rings. The van der Waals surface area contributed by atoms with Crippen LogP contribution in [0.4, 0.5) is 5.82 Å². The maximum absolute atomic E-state index is 11.4. The van der Waals surface area contributed by atoms with Crippen molar-refractivity contribution in [2.45, 2.75) is 6.54 Å². The summed E-state index contributed by atoms with van der Waals surface area (Å²) in [4.78, 5) is 19.9. The van der Waals surface area contributed by atoms with E-state index in [-0.39, 0.29) is 11.4 Å². The molecule has 0 aliphatic carbocycles. The molecule has 3 rings (SSSR count). The van der Waals surface area contributed by atoms with Gasteiger partial charge in [-0.3, -0.25) is 0 Å². The van der Waals surface area contributed by atoms with Crippen LogP contribution in [0.1, 0.15) is 15.9 Å². The average molecular weight is 340 g/mol. The van der Waals surface area contributed by atoms with Crippen molar-refractivity contribution in [1.29, 1.82) is 0 Å². The Morgan fingerprint density at radius 3 is 2.62 bits per heavy atom. The number of halogens is 1. The van der Waals surface area contributed by atoms with Crippen LogP contribution in [0.3, 0.4) is 0 Å². The van der Waals surface area contributed by atoms with Crippen LogP contribution in [-0.4, -0.2) is 21.0 Å². The van der Waals surface area contributed by atoms with Gasteiger partial charge in [-0.2, -0.15) is 0 Å². The standard InChI is InChI=1S/C18H14ClN3O2/c19-14-8-4-7-13(9-14)16-21-11-15(18(23)24)17(22-16)20-10-12-5-2-1-3-6-12/h1-9,11H,10H2,(H,23,24)(H,20,21,22). The molecule has 0 atom stereocenters. The molecule has 0 saturated heterocycles. The van der Waals surface area contributed by atoms with Gasteiger partial charge < -0.3 is 10.4 Å². The Morgan fingerprint density at radius 1 is 1.12 bits per heavy atom. The zero-order chi connectivity index (χ0) is 16.9. The van der Waals surface area contributed by atoms with Gasteiger partial charge in [-0.15, -0.1) is 0 Å². The topological polar surface area (TPSA) is 75.1 Å². The molecule has 24 heavy (non-hydrogen) atoms. The lowest BCUT2D eigenvalue weighted by molar-refractivity contribution is 0.0697. The molecule has 0 radical (unpaired) electrons. The molecule has 1 heterocycles. The van der Waals surface area contributed by atoms with Gasteiger partial charge in [0.15, 0.2) is 5.82 Å². The van der Waals surface area contributed by atoms with E-state index in [1.54, 1.807) is 18.2 Å². The molecule has 120 valence electrons. The fourth-order valence-electron chi connectivity index (χ4n) is 2.22. The highest BCUT2D eigenvalue weighted by Crippen LogP contribution is 2.22. The van der Waals surface area contributed by atoms with Crippen molar-refractivity contribution < 1.29 is 9.90 Å². The Labute approximate surface area is 144 Å². The van der Waals surface area contributed by atoms with Crippen molar-refractivity contribution in [2.75, 3.05) is 5.32 Å². The quantitative estimate of drug-likeness (QED) is 0.731. The Hall–Kier alpha value is -2.92. The number of rotatable bonds is 5. The molecule has 0 aliphatic heterocycles. The maximum atomic E-state index is 11.4. The largest absolute Gasteiger partial charge is 0.477 e. The average Bonchev–Trinajstić information content (AvgIpc) is 2.60. The van der Waals surface area contributed by atoms with E-state index in [9.17, 15) is 9.90 Å². The van der Waals surface area contributed by atoms with E-state index in [0.717, 1.165) is 11.1 Å². The Bertz CT molecular complexity index is 869. The van der Waals surface area contributed by atoms with E-state index in [2.05, 4.69) is 15.3 Å². The Balaban J connectivity index is 1.93. The predicted octanol–water partition coefficient (Wildman–Crippen LogP) is 4.11. The third-order valence-corrected chi connectivity index (χ3v) is 3.64. The van der Waals surface area contributed by atoms with Crippen molar-refractivity contribution in [3.8, 4) is 11.4 Å². The molecule has 0 bridgehead atoms. The summed E-state index contributed by atoms with van der Waals surface area (Å²) >= 11 is 5.99. The molecular weight excluding hydrogens is 326 g/mol. The van der Waals surface area contributed by atoms with Crippen LogP contribution >= 0.6 is 11.6 Å². The molecule has 0 amide bonds. The number of nitrogens with one attached hydrogen (secondary N) is 1. The van der Waals surface area contributed by atoms with Crippen molar-refractivity contribution in [2.24, 2.45) is 0 Å². The third-order valence-electron chi connectivity index (χ3n) is 3.40. The molecule has 6 heteroatoms. The summed E-state index contributed by atoms with van der Waals surface area (Å²) in [5.41, 5.74) is 1.77. The molecular formula is C18H14ClN3O2. The summed E-state index contributed by atoms with van der Waals surface area (Å²) in [6, 6.07) is 16.8. The van der Waals surface area contributed by atoms with Crippen molar-refractivity contribution in [3.63, 3.8) is 0 Å². The van der Waals surface area contributed by atoms with Crippen LogP contribution in [0, 0.1) is 0 Å². The predicted molar refractivity (Wildman–Crippen MR) is 93.2 cm³/mol. The van der Waals surface area contributed by atoms with Crippen LogP contribution in [0.2, 0.25) is 5.02 Å². The zero-order valence-corrected chi connectivity index (χ0v) is 13.4. The number of aromatic nitrogens is 2. The third kappa shape index (κ3) is 3.70. The van der Waals surface area contributed by atoms with Gasteiger partial charge in [0.05, 0.1) is 0 Å². The fourth-order valence-corrected chi connectivity index (χ4v) is 2.41. The molecule has 0 spiro atoms. The van der Waals surface area contributed by atoms with E-state index in [0.29, 0.717) is 17.4 Å². The van der Waals surface area contributed by atoms with Gasteiger partial charge in [-0.25, -0.2) is 14.8 Å². The van der Waals surface area contributed by atoms with Crippen LogP contribution in [0.15, 0.2) is 60.8 Å². The van der Waals surface area contributed by atoms with Gasteiger partial charge in [0.2, 0.25) is 0 Å². The lowest BCUT2D eigenvalue weighted by Gasteiger charge is -2.10. The molecule has 0 saturated carbocycles. The number of carboxylic acids is 1. The summed E-state index contributed by atoms with van der Waals surface area (Å²) in [6.07, 6.45) is 1.30. The van der Waals surface area contributed by atoms with E-state index in [1.165, 1.54) is 6.20 Å². The van der Waals surface area contributed by atoms with Gasteiger partial charge >= 0.3 is 5.97 Å². The van der Waals surface area contributed by atoms with Crippen molar-refractivity contribution in [1.82, 2.24) is 9.97 Å². The fraction of sp³-hybridized carbons (Fsp3) is 0.0556. The van der Waals surface area contributed by atoms with Crippen LogP contribution in [0.25, 0.3) is 11.4 Å². The zero-order valence-electron chi connectivity index (χ0n) is 12.6. The molecule has 0 fully saturated rings. The minimum absolute atomic E-state index is 0.0247. The highest BCUT2D eigenvalue weighted by atomic mass is 35.5. The number of aromatic carboxylic acids is 1. The second kappa shape index (κ2) is 7.10. The van der Waals surface area contributed by atoms with E-state index in [4.69, 9.17) is 11.6 Å². The first-order chi connectivity index (χ1) is 11.6. The summed E-state index contributed by atoms with van der Waals surface area (Å²) < 4.78 is 0. The number of nitrogens with zero attached hydrogens (tertiary/aromatic N) is 2. The van der Waals surface area contributed by atoms with Crippen LogP contribution in [0.5, 0.6) is 0 Å². The smallest absolute Gasteiger partial charge is 0.341 e. The van der Waals surface area contributed by atoms with Crippen LogP contribution in [-0.2, 0) is 6.54 Å². The monoisotopic (exact) mass is 339 g/mol. The van der Waals surface area contributed by atoms with E-state index in [1.807, 2.05) is 36.4 Å². The van der Waals surface area contributed by atoms with Gasteiger partial charge in [0.1, 0.15) is 11.4 Å². The number of hydrogen-bond donors (Lipinski definition) is 2. The highest BCUT2D eigenvalue weighted by molar-refractivity contribution is 6.30. The van der Waals surface area contributed by atoms with Gasteiger partial charge in [-0.05, 0) is 17.7 Å². The number of benzene rings is 2. The first-order valence-electron chi connectivity index (χ1n) is 7.27. The minimum Gasteiger partial charge on any atom is -0.477 e. The normalized spacial score (nSPS) is 10.4. The highest BCUT2D eigenvalue weighted by Gasteiger charge is 2.14. The SMILES string of the molecule is O=C(O)c1cnc(-c2cccc(Cl)c2)nc1NCc1ccccc1. The van der Waals surface area contributed by atoms with Gasteiger partial charge in [0.25, 0.3) is 0 Å². The lowest BCUT2D eigenvalue weighted by atomic mass is 10.2. The molecule has 1 aromatic heterocycles. The second-order valence-electron chi connectivity index (χ2n) is 5.11. The summed E-state index contributed by atoms with van der Waals surface area (Å²) in [7, 11) is 0. The van der Waals surface area contributed by atoms with Crippen molar-refractivity contribution >= 4 is 23.4 Å². The number of carbonyl (C=O) groups is 1. The molecule has 3 aromatic rings. The van der Waals surface area contributed by atoms with Crippen LogP contribution < -0.4 is 5.32 Å². The minimum atomic E-state index is -1.08. The first kappa shape index (κ1) is 16.0. The maximum Gasteiger partial charge on any atom is 0.341 e. The Kier molecular flexibility index (Phi) is 4.72. The number of anilines is 1. The summed E-state index contributed by atoms with van der Waals surface area (Å²) in [5.74, 6) is -0.391. The number of carboxylic acid groups (broad SMARTS) is 1. The number of hydrogen-bond acceptors (Lipinski definition) is 4.